The number of benzene rings is 2. The molecule has 0 bridgehead atoms. The van der Waals surface area contributed by atoms with Crippen LogP contribution >= 0.6 is 0 Å². The van der Waals surface area contributed by atoms with Crippen LogP contribution in [0.25, 0.3) is 11.1 Å². The lowest BCUT2D eigenvalue weighted by atomic mass is 9.99. The Bertz CT molecular complexity index is 1440. The molecule has 0 saturated heterocycles. The number of alkyl halides is 3. The monoisotopic (exact) mass is 543 g/mol. The lowest BCUT2D eigenvalue weighted by Gasteiger charge is -2.16. The normalized spacial score (nSPS) is 11.6. The summed E-state index contributed by atoms with van der Waals surface area (Å²) in [5.41, 5.74) is -0.484. The zero-order chi connectivity index (χ0) is 28.0. The van der Waals surface area contributed by atoms with E-state index in [0.29, 0.717) is 5.56 Å². The molecular formula is C27H25F4N5O3. The van der Waals surface area contributed by atoms with Gasteiger partial charge in [-0.25, -0.2) is 9.37 Å². The molecule has 0 aliphatic carbocycles. The van der Waals surface area contributed by atoms with Crippen LogP contribution in [0.15, 0.2) is 60.8 Å². The van der Waals surface area contributed by atoms with Gasteiger partial charge in [-0.05, 0) is 66.9 Å². The lowest BCUT2D eigenvalue weighted by Crippen LogP contribution is -2.15. The van der Waals surface area contributed by atoms with Crippen molar-refractivity contribution in [1.29, 1.82) is 0 Å². The summed E-state index contributed by atoms with van der Waals surface area (Å²) in [5, 5.41) is 10.1. The van der Waals surface area contributed by atoms with Crippen LogP contribution < -0.4 is 10.1 Å². The number of aromatic nitrogens is 4. The van der Waals surface area contributed by atoms with Gasteiger partial charge in [0, 0.05) is 12.6 Å². The zero-order valence-corrected chi connectivity index (χ0v) is 21.1. The molecule has 204 valence electrons. The minimum atomic E-state index is -4.63. The first-order valence-corrected chi connectivity index (χ1v) is 12.0. The SMILES string of the molecule is CC(C)OCCOc1ccc(C(F)(F)F)c(-c2ccnc(NC(=O)c3nnc(Cc4ccccc4F)[nH]3)c2)c1. The molecule has 0 aliphatic heterocycles. The Hall–Kier alpha value is -4.32. The molecule has 0 unspecified atom stereocenters. The van der Waals surface area contributed by atoms with Gasteiger partial charge in [0.15, 0.2) is 0 Å². The Morgan fingerprint density at radius 2 is 1.85 bits per heavy atom. The van der Waals surface area contributed by atoms with Gasteiger partial charge in [-0.1, -0.05) is 18.2 Å². The van der Waals surface area contributed by atoms with E-state index in [4.69, 9.17) is 9.47 Å². The number of nitrogens with one attached hydrogen (secondary N) is 2. The van der Waals surface area contributed by atoms with Gasteiger partial charge in [0.2, 0.25) is 5.82 Å². The molecule has 1 amide bonds. The van der Waals surface area contributed by atoms with Crippen molar-refractivity contribution in [3.8, 4) is 16.9 Å². The van der Waals surface area contributed by atoms with Crippen LogP contribution in [0.1, 0.15) is 41.4 Å². The summed E-state index contributed by atoms with van der Waals surface area (Å²) in [7, 11) is 0. The highest BCUT2D eigenvalue weighted by molar-refractivity contribution is 6.01. The highest BCUT2D eigenvalue weighted by Crippen LogP contribution is 2.39. The van der Waals surface area contributed by atoms with E-state index in [1.54, 1.807) is 18.2 Å². The van der Waals surface area contributed by atoms with Gasteiger partial charge in [0.25, 0.3) is 5.91 Å². The number of ether oxygens (including phenoxy) is 2. The van der Waals surface area contributed by atoms with Crippen molar-refractivity contribution in [3.63, 3.8) is 0 Å². The fourth-order valence-electron chi connectivity index (χ4n) is 3.69. The molecule has 0 radical (unpaired) electrons. The van der Waals surface area contributed by atoms with Crippen LogP contribution in [-0.2, 0) is 17.3 Å². The topological polar surface area (TPSA) is 102 Å². The molecule has 0 atom stereocenters. The summed E-state index contributed by atoms with van der Waals surface area (Å²) < 4.78 is 66.2. The maximum absolute atomic E-state index is 13.9. The van der Waals surface area contributed by atoms with Gasteiger partial charge in [-0.2, -0.15) is 13.2 Å². The Labute approximate surface area is 221 Å². The Morgan fingerprint density at radius 1 is 1.05 bits per heavy atom. The minimum Gasteiger partial charge on any atom is -0.491 e. The van der Waals surface area contributed by atoms with Gasteiger partial charge in [0.1, 0.15) is 29.8 Å². The summed E-state index contributed by atoms with van der Waals surface area (Å²) in [4.78, 5) is 19.5. The molecule has 39 heavy (non-hydrogen) atoms. The predicted molar refractivity (Wildman–Crippen MR) is 135 cm³/mol. The standard InChI is InChI=1S/C27H25F4N5O3/c1-16(2)38-11-12-39-19-7-8-21(27(29,30)31)20(15-19)17-9-10-32-23(13-17)34-26(37)25-33-24(35-36-25)14-18-5-3-4-6-22(18)28/h3-10,13,15-16H,11-12,14H2,1-2H3,(H,32,34,37)(H,33,35,36). The van der Waals surface area contributed by atoms with Crippen LogP contribution in [0.5, 0.6) is 5.75 Å². The van der Waals surface area contributed by atoms with E-state index in [2.05, 4.69) is 25.5 Å². The van der Waals surface area contributed by atoms with Gasteiger partial charge in [0.05, 0.1) is 18.3 Å². The molecule has 12 heteroatoms. The quantitative estimate of drug-likeness (QED) is 0.197. The van der Waals surface area contributed by atoms with Gasteiger partial charge in [-0.3, -0.25) is 4.79 Å². The van der Waals surface area contributed by atoms with Crippen molar-refractivity contribution < 1.29 is 31.8 Å². The lowest BCUT2D eigenvalue weighted by molar-refractivity contribution is -0.137. The molecule has 0 saturated carbocycles. The number of hydrogen-bond acceptors (Lipinski definition) is 6. The number of carbonyl (C=O) groups is 1. The number of halogens is 4. The second kappa shape index (κ2) is 12.0. The smallest absolute Gasteiger partial charge is 0.417 e. The molecule has 2 heterocycles. The second-order valence-corrected chi connectivity index (χ2v) is 8.75. The third kappa shape index (κ3) is 7.38. The maximum Gasteiger partial charge on any atom is 0.417 e. The summed E-state index contributed by atoms with van der Waals surface area (Å²) in [6, 6.07) is 12.3. The maximum atomic E-state index is 13.9. The summed E-state index contributed by atoms with van der Waals surface area (Å²) in [6.45, 7) is 4.17. The molecule has 0 aliphatic rings. The molecule has 2 aromatic carbocycles. The number of aromatic amines is 1. The van der Waals surface area contributed by atoms with E-state index >= 15 is 0 Å². The average molecular weight is 544 g/mol. The van der Waals surface area contributed by atoms with Crippen molar-refractivity contribution in [1.82, 2.24) is 20.2 Å². The van der Waals surface area contributed by atoms with E-state index in [-0.39, 0.29) is 60.1 Å². The minimum absolute atomic E-state index is 0.00220. The molecule has 4 aromatic rings. The summed E-state index contributed by atoms with van der Waals surface area (Å²) in [5.74, 6) is -0.810. The second-order valence-electron chi connectivity index (χ2n) is 8.75. The first kappa shape index (κ1) is 27.7. The van der Waals surface area contributed by atoms with Crippen LogP contribution in [0.4, 0.5) is 23.4 Å². The van der Waals surface area contributed by atoms with E-state index in [1.807, 2.05) is 13.8 Å². The van der Waals surface area contributed by atoms with Crippen molar-refractivity contribution >= 4 is 11.7 Å². The molecule has 2 aromatic heterocycles. The Kier molecular flexibility index (Phi) is 8.55. The van der Waals surface area contributed by atoms with Crippen LogP contribution in [-0.4, -0.2) is 45.4 Å². The molecule has 0 spiro atoms. The van der Waals surface area contributed by atoms with Crippen LogP contribution in [0, 0.1) is 5.82 Å². The molecule has 2 N–H and O–H groups in total. The van der Waals surface area contributed by atoms with Gasteiger partial charge in [-0.15, -0.1) is 10.2 Å². The third-order valence-corrected chi connectivity index (χ3v) is 5.48. The highest BCUT2D eigenvalue weighted by atomic mass is 19.4. The third-order valence-electron chi connectivity index (χ3n) is 5.48. The fraction of sp³-hybridized carbons (Fsp3) is 0.259. The zero-order valence-electron chi connectivity index (χ0n) is 21.1. The Morgan fingerprint density at radius 3 is 2.59 bits per heavy atom. The number of anilines is 1. The fourth-order valence-corrected chi connectivity index (χ4v) is 3.69. The summed E-state index contributed by atoms with van der Waals surface area (Å²) in [6.07, 6.45) is -3.27. The summed E-state index contributed by atoms with van der Waals surface area (Å²) >= 11 is 0. The van der Waals surface area contributed by atoms with Crippen molar-refractivity contribution in [2.24, 2.45) is 0 Å². The largest absolute Gasteiger partial charge is 0.491 e. The van der Waals surface area contributed by atoms with Crippen molar-refractivity contribution in [2.45, 2.75) is 32.5 Å². The predicted octanol–water partition coefficient (Wildman–Crippen LogP) is 5.67. The van der Waals surface area contributed by atoms with Crippen LogP contribution in [0.2, 0.25) is 0 Å². The van der Waals surface area contributed by atoms with Crippen LogP contribution in [0.3, 0.4) is 0 Å². The molecular weight excluding hydrogens is 518 g/mol. The molecule has 0 fully saturated rings. The van der Waals surface area contributed by atoms with Gasteiger partial charge < -0.3 is 19.8 Å². The number of carbonyl (C=O) groups excluding carboxylic acids is 1. The van der Waals surface area contributed by atoms with E-state index in [1.165, 1.54) is 36.5 Å². The van der Waals surface area contributed by atoms with E-state index in [9.17, 15) is 22.4 Å². The Balaban J connectivity index is 1.51. The van der Waals surface area contributed by atoms with Gasteiger partial charge >= 0.3 is 6.18 Å². The molecule has 8 nitrogen and oxygen atoms in total. The number of rotatable bonds is 10. The van der Waals surface area contributed by atoms with E-state index in [0.717, 1.165) is 6.07 Å². The number of nitrogens with zero attached hydrogens (tertiary/aromatic N) is 3. The average Bonchev–Trinajstić information content (AvgIpc) is 3.36. The number of amides is 1. The van der Waals surface area contributed by atoms with E-state index < -0.39 is 23.5 Å². The first-order valence-electron chi connectivity index (χ1n) is 12.0. The first-order chi connectivity index (χ1) is 18.6. The highest BCUT2D eigenvalue weighted by Gasteiger charge is 2.34. The van der Waals surface area contributed by atoms with Crippen molar-refractivity contribution in [2.75, 3.05) is 18.5 Å². The number of H-pyrrole nitrogens is 1. The number of pyridine rings is 1. The number of hydrogen-bond donors (Lipinski definition) is 2. The molecule has 4 rings (SSSR count). The van der Waals surface area contributed by atoms with Crippen molar-refractivity contribution in [3.05, 3.63) is 89.4 Å².